The molecule has 0 spiro atoms. The molecular formula is C14H10N2O2. The number of para-hydroxylation sites is 3. The Hall–Kier alpha value is -2.62. The zero-order valence-corrected chi connectivity index (χ0v) is 9.48. The highest BCUT2D eigenvalue weighted by Crippen LogP contribution is 2.25. The smallest absolute Gasteiger partial charge is 0.298 e. The number of hydrogen-bond donors (Lipinski definition) is 0. The van der Waals surface area contributed by atoms with Crippen LogP contribution in [-0.2, 0) is 4.79 Å². The second kappa shape index (κ2) is 4.33. The van der Waals surface area contributed by atoms with E-state index in [4.69, 9.17) is 4.74 Å². The third kappa shape index (κ3) is 1.64. The summed E-state index contributed by atoms with van der Waals surface area (Å²) in [5.41, 5.74) is 1.71. The number of carbonyl (C=O) groups is 1. The minimum atomic E-state index is 0.421. The van der Waals surface area contributed by atoms with Crippen LogP contribution in [0.3, 0.4) is 0 Å². The molecule has 4 nitrogen and oxygen atoms in total. The van der Waals surface area contributed by atoms with Crippen LogP contribution in [0.25, 0.3) is 16.6 Å². The lowest BCUT2D eigenvalue weighted by Gasteiger charge is -2.07. The highest BCUT2D eigenvalue weighted by Gasteiger charge is 2.09. The van der Waals surface area contributed by atoms with Gasteiger partial charge in [0.25, 0.3) is 6.47 Å². The molecule has 0 aliphatic heterocycles. The van der Waals surface area contributed by atoms with Crippen molar-refractivity contribution in [3.63, 3.8) is 0 Å². The molecule has 88 valence electrons. The van der Waals surface area contributed by atoms with Gasteiger partial charge in [-0.15, -0.1) is 0 Å². The maximum absolute atomic E-state index is 10.5. The molecule has 0 saturated heterocycles. The van der Waals surface area contributed by atoms with E-state index in [9.17, 15) is 4.79 Å². The van der Waals surface area contributed by atoms with Gasteiger partial charge in [0.05, 0.1) is 11.7 Å². The van der Waals surface area contributed by atoms with Gasteiger partial charge in [0, 0.05) is 5.39 Å². The predicted molar refractivity (Wildman–Crippen MR) is 67.8 cm³/mol. The van der Waals surface area contributed by atoms with Gasteiger partial charge in [0.1, 0.15) is 5.69 Å². The SMILES string of the molecule is O=COc1ccccc1-n1ncc2ccccc21. The summed E-state index contributed by atoms with van der Waals surface area (Å²) in [5.74, 6) is 0.487. The summed E-state index contributed by atoms with van der Waals surface area (Å²) < 4.78 is 6.73. The molecule has 0 aliphatic carbocycles. The number of ether oxygens (including phenoxy) is 1. The molecule has 1 heterocycles. The predicted octanol–water partition coefficient (Wildman–Crippen LogP) is 2.56. The van der Waals surface area contributed by atoms with E-state index in [2.05, 4.69) is 5.10 Å². The molecule has 2 aromatic carbocycles. The first-order chi connectivity index (χ1) is 8.90. The third-order valence-electron chi connectivity index (χ3n) is 2.75. The summed E-state index contributed by atoms with van der Waals surface area (Å²) in [6, 6.07) is 15.2. The molecule has 0 fully saturated rings. The van der Waals surface area contributed by atoms with Crippen LogP contribution in [0.4, 0.5) is 0 Å². The highest BCUT2D eigenvalue weighted by atomic mass is 16.5. The first kappa shape index (κ1) is 10.5. The molecular weight excluding hydrogens is 228 g/mol. The Balaban J connectivity index is 2.23. The fraction of sp³-hybridized carbons (Fsp3) is 0. The summed E-state index contributed by atoms with van der Waals surface area (Å²) in [6.45, 7) is 0.421. The summed E-state index contributed by atoms with van der Waals surface area (Å²) in [7, 11) is 0. The van der Waals surface area contributed by atoms with E-state index in [1.807, 2.05) is 42.5 Å². The normalized spacial score (nSPS) is 10.4. The lowest BCUT2D eigenvalue weighted by atomic mass is 10.2. The number of hydrogen-bond acceptors (Lipinski definition) is 3. The van der Waals surface area contributed by atoms with Crippen molar-refractivity contribution in [2.24, 2.45) is 0 Å². The molecule has 1 aromatic heterocycles. The first-order valence-electron chi connectivity index (χ1n) is 5.52. The molecule has 0 N–H and O–H groups in total. The fourth-order valence-corrected chi connectivity index (χ4v) is 1.95. The minimum absolute atomic E-state index is 0.421. The topological polar surface area (TPSA) is 44.1 Å². The van der Waals surface area contributed by atoms with Gasteiger partial charge in [-0.25, -0.2) is 4.68 Å². The van der Waals surface area contributed by atoms with Gasteiger partial charge in [0.2, 0.25) is 0 Å². The van der Waals surface area contributed by atoms with Gasteiger partial charge in [-0.1, -0.05) is 30.3 Å². The lowest BCUT2D eigenvalue weighted by molar-refractivity contribution is -0.120. The van der Waals surface area contributed by atoms with Crippen molar-refractivity contribution in [2.45, 2.75) is 0 Å². The average Bonchev–Trinajstić information content (AvgIpc) is 2.84. The summed E-state index contributed by atoms with van der Waals surface area (Å²) in [4.78, 5) is 10.5. The van der Waals surface area contributed by atoms with Crippen molar-refractivity contribution >= 4 is 17.4 Å². The zero-order valence-electron chi connectivity index (χ0n) is 9.48. The maximum Gasteiger partial charge on any atom is 0.298 e. The number of fused-ring (bicyclic) bond motifs is 1. The van der Waals surface area contributed by atoms with E-state index in [-0.39, 0.29) is 0 Å². The second-order valence-corrected chi connectivity index (χ2v) is 3.80. The molecule has 0 radical (unpaired) electrons. The lowest BCUT2D eigenvalue weighted by Crippen LogP contribution is -2.00. The van der Waals surface area contributed by atoms with Gasteiger partial charge in [-0.05, 0) is 18.2 Å². The molecule has 0 atom stereocenters. The Morgan fingerprint density at radius 2 is 1.83 bits per heavy atom. The van der Waals surface area contributed by atoms with Crippen molar-refractivity contribution in [2.75, 3.05) is 0 Å². The number of nitrogens with zero attached hydrogens (tertiary/aromatic N) is 2. The highest BCUT2D eigenvalue weighted by molar-refractivity contribution is 5.80. The molecule has 3 rings (SSSR count). The molecule has 0 aliphatic rings. The van der Waals surface area contributed by atoms with E-state index in [1.54, 1.807) is 16.9 Å². The molecule has 0 amide bonds. The first-order valence-corrected chi connectivity index (χ1v) is 5.52. The van der Waals surface area contributed by atoms with Gasteiger partial charge in [0.15, 0.2) is 5.75 Å². The van der Waals surface area contributed by atoms with E-state index >= 15 is 0 Å². The third-order valence-corrected chi connectivity index (χ3v) is 2.75. The van der Waals surface area contributed by atoms with Crippen molar-refractivity contribution in [1.29, 1.82) is 0 Å². The summed E-state index contributed by atoms with van der Waals surface area (Å²) in [6.07, 6.45) is 1.78. The molecule has 3 aromatic rings. The van der Waals surface area contributed by atoms with Crippen LogP contribution in [-0.4, -0.2) is 16.3 Å². The number of aromatic nitrogens is 2. The summed E-state index contributed by atoms with van der Waals surface area (Å²) >= 11 is 0. The largest absolute Gasteiger partial charge is 0.426 e. The van der Waals surface area contributed by atoms with Crippen LogP contribution >= 0.6 is 0 Å². The van der Waals surface area contributed by atoms with Gasteiger partial charge in [-0.2, -0.15) is 5.10 Å². The van der Waals surface area contributed by atoms with Gasteiger partial charge >= 0.3 is 0 Å². The fourth-order valence-electron chi connectivity index (χ4n) is 1.95. The second-order valence-electron chi connectivity index (χ2n) is 3.80. The van der Waals surface area contributed by atoms with Crippen LogP contribution in [0.15, 0.2) is 54.7 Å². The van der Waals surface area contributed by atoms with E-state index < -0.39 is 0 Å². The standard InChI is InChI=1S/C14H10N2O2/c17-10-18-14-8-4-3-7-13(14)16-12-6-2-1-5-11(12)9-15-16/h1-10H. The monoisotopic (exact) mass is 238 g/mol. The minimum Gasteiger partial charge on any atom is -0.426 e. The van der Waals surface area contributed by atoms with Crippen LogP contribution in [0.5, 0.6) is 5.75 Å². The van der Waals surface area contributed by atoms with Crippen molar-refractivity contribution in [3.05, 3.63) is 54.7 Å². The molecule has 0 unspecified atom stereocenters. The zero-order chi connectivity index (χ0) is 12.4. The van der Waals surface area contributed by atoms with E-state index in [0.717, 1.165) is 16.6 Å². The average molecular weight is 238 g/mol. The van der Waals surface area contributed by atoms with Crippen molar-refractivity contribution in [3.8, 4) is 11.4 Å². The van der Waals surface area contributed by atoms with E-state index in [1.165, 1.54) is 0 Å². The molecule has 4 heteroatoms. The van der Waals surface area contributed by atoms with E-state index in [0.29, 0.717) is 12.2 Å². The molecule has 0 bridgehead atoms. The molecule has 18 heavy (non-hydrogen) atoms. The van der Waals surface area contributed by atoms with Crippen molar-refractivity contribution in [1.82, 2.24) is 9.78 Å². The Morgan fingerprint density at radius 3 is 2.72 bits per heavy atom. The summed E-state index contributed by atoms with van der Waals surface area (Å²) in [5, 5.41) is 5.37. The quantitative estimate of drug-likeness (QED) is 0.659. The Bertz CT molecular complexity index is 704. The van der Waals surface area contributed by atoms with Crippen LogP contribution in [0.1, 0.15) is 0 Å². The Morgan fingerprint density at radius 1 is 1.06 bits per heavy atom. The van der Waals surface area contributed by atoms with Gasteiger partial charge < -0.3 is 4.74 Å². The Labute approximate surface area is 103 Å². The van der Waals surface area contributed by atoms with Gasteiger partial charge in [-0.3, -0.25) is 4.79 Å². The van der Waals surface area contributed by atoms with Crippen LogP contribution < -0.4 is 4.74 Å². The van der Waals surface area contributed by atoms with Crippen LogP contribution in [0.2, 0.25) is 0 Å². The number of rotatable bonds is 3. The number of carbonyl (C=O) groups excluding carboxylic acids is 1. The molecule has 0 saturated carbocycles. The Kier molecular flexibility index (Phi) is 2.53. The number of benzene rings is 2. The van der Waals surface area contributed by atoms with Crippen LogP contribution in [0, 0.1) is 0 Å². The maximum atomic E-state index is 10.5. The van der Waals surface area contributed by atoms with Crippen molar-refractivity contribution < 1.29 is 9.53 Å².